The number of methoxy groups -OCH3 is 1. The highest BCUT2D eigenvalue weighted by atomic mass is 16.6. The number of nitrogens with one attached hydrogen (secondary N) is 1. The molecule has 0 spiro atoms. The van der Waals surface area contributed by atoms with Crippen LogP contribution in [0.2, 0.25) is 0 Å². The minimum atomic E-state index is -1.05. The van der Waals surface area contributed by atoms with E-state index in [0.717, 1.165) is 31.2 Å². The number of aromatic nitrogens is 2. The van der Waals surface area contributed by atoms with Crippen LogP contribution < -0.4 is 10.1 Å². The Morgan fingerprint density at radius 2 is 1.77 bits per heavy atom. The largest absolute Gasteiger partial charge is 0.474 e. The Kier molecular flexibility index (Phi) is 8.78. The van der Waals surface area contributed by atoms with E-state index in [2.05, 4.69) is 15.3 Å². The summed E-state index contributed by atoms with van der Waals surface area (Å²) in [4.78, 5) is 46.5. The lowest BCUT2D eigenvalue weighted by molar-refractivity contribution is -0.155. The van der Waals surface area contributed by atoms with E-state index in [9.17, 15) is 14.4 Å². The van der Waals surface area contributed by atoms with Crippen LogP contribution >= 0.6 is 0 Å². The summed E-state index contributed by atoms with van der Waals surface area (Å²) < 4.78 is 16.2. The number of nitrogens with zero attached hydrogens (tertiary/aromatic N) is 2. The fourth-order valence-corrected chi connectivity index (χ4v) is 3.77. The number of amides is 1. The number of hydrogen-bond donors (Lipinski definition) is 1. The van der Waals surface area contributed by atoms with Gasteiger partial charge in [-0.1, -0.05) is 30.3 Å². The van der Waals surface area contributed by atoms with Crippen molar-refractivity contribution in [2.45, 2.75) is 77.0 Å². The number of hydrogen-bond acceptors (Lipinski definition) is 8. The van der Waals surface area contributed by atoms with E-state index in [-0.39, 0.29) is 24.6 Å². The second-order valence-corrected chi connectivity index (χ2v) is 9.48. The van der Waals surface area contributed by atoms with E-state index < -0.39 is 29.5 Å². The highest BCUT2D eigenvalue weighted by Gasteiger charge is 2.26. The molecule has 1 atom stereocenters. The molecule has 1 N–H and O–H groups in total. The molecule has 1 aromatic heterocycles. The van der Waals surface area contributed by atoms with Crippen LogP contribution in [-0.4, -0.2) is 52.7 Å². The van der Waals surface area contributed by atoms with Crippen LogP contribution in [0.4, 0.5) is 0 Å². The maximum absolute atomic E-state index is 13.1. The maximum atomic E-state index is 13.1. The molecule has 1 amide bonds. The number of carbonyl (C=O) groups is 3. The molecule has 9 nitrogen and oxygen atoms in total. The van der Waals surface area contributed by atoms with Crippen molar-refractivity contribution in [1.82, 2.24) is 15.3 Å². The average Bonchev–Trinajstić information content (AvgIpc) is 3.33. The zero-order chi connectivity index (χ0) is 25.4. The van der Waals surface area contributed by atoms with E-state index in [1.807, 2.05) is 30.3 Å². The summed E-state index contributed by atoms with van der Waals surface area (Å²) in [5, 5.41) is 2.63. The van der Waals surface area contributed by atoms with Crippen molar-refractivity contribution >= 4 is 17.8 Å². The molecule has 1 aromatic carbocycles. The Morgan fingerprint density at radius 1 is 1.09 bits per heavy atom. The van der Waals surface area contributed by atoms with Crippen molar-refractivity contribution in [2.75, 3.05) is 7.11 Å². The molecule has 1 saturated carbocycles. The van der Waals surface area contributed by atoms with Gasteiger partial charge in [-0.2, -0.15) is 4.98 Å². The summed E-state index contributed by atoms with van der Waals surface area (Å²) in [5.41, 5.74) is 0.136. The summed E-state index contributed by atoms with van der Waals surface area (Å²) >= 11 is 0. The molecule has 1 aliphatic rings. The molecule has 1 heterocycles. The fourth-order valence-electron chi connectivity index (χ4n) is 3.77. The third-order valence-corrected chi connectivity index (χ3v) is 5.41. The lowest BCUT2D eigenvalue weighted by atomic mass is 10.1. The summed E-state index contributed by atoms with van der Waals surface area (Å²) in [5.74, 6) is -1.09. The second kappa shape index (κ2) is 11.8. The van der Waals surface area contributed by atoms with Crippen LogP contribution in [0.25, 0.3) is 11.4 Å². The minimum absolute atomic E-state index is 0.0232. The van der Waals surface area contributed by atoms with Crippen molar-refractivity contribution in [3.8, 4) is 17.3 Å². The van der Waals surface area contributed by atoms with Crippen molar-refractivity contribution < 1.29 is 28.6 Å². The molecular weight excluding hydrogens is 450 g/mol. The zero-order valence-electron chi connectivity index (χ0n) is 20.7. The quantitative estimate of drug-likeness (QED) is 0.535. The van der Waals surface area contributed by atoms with Gasteiger partial charge in [0.2, 0.25) is 5.88 Å². The molecule has 0 bridgehead atoms. The van der Waals surface area contributed by atoms with Gasteiger partial charge in [0.05, 0.1) is 7.11 Å². The lowest BCUT2D eigenvalue weighted by Crippen LogP contribution is -2.42. The minimum Gasteiger partial charge on any atom is -0.474 e. The molecule has 188 valence electrons. The molecule has 2 aromatic rings. The molecule has 1 aliphatic carbocycles. The maximum Gasteiger partial charge on any atom is 0.328 e. The summed E-state index contributed by atoms with van der Waals surface area (Å²) in [6.07, 6.45) is 4.05. The average molecular weight is 484 g/mol. The smallest absolute Gasteiger partial charge is 0.328 e. The van der Waals surface area contributed by atoms with E-state index in [0.29, 0.717) is 11.7 Å². The fraction of sp³-hybridized carbons (Fsp3) is 0.500. The van der Waals surface area contributed by atoms with Crippen molar-refractivity contribution in [2.24, 2.45) is 0 Å². The molecule has 3 rings (SSSR count). The first kappa shape index (κ1) is 26.1. The van der Waals surface area contributed by atoms with Gasteiger partial charge in [0.15, 0.2) is 5.82 Å². The first-order valence-corrected chi connectivity index (χ1v) is 11.9. The number of ether oxygens (including phenoxy) is 3. The predicted molar refractivity (Wildman–Crippen MR) is 129 cm³/mol. The van der Waals surface area contributed by atoms with Crippen LogP contribution in [0, 0.1) is 0 Å². The van der Waals surface area contributed by atoms with E-state index in [4.69, 9.17) is 14.2 Å². The van der Waals surface area contributed by atoms with E-state index in [1.54, 1.807) is 20.8 Å². The lowest BCUT2D eigenvalue weighted by Gasteiger charge is -2.21. The molecule has 9 heteroatoms. The van der Waals surface area contributed by atoms with Gasteiger partial charge in [0.1, 0.15) is 23.4 Å². The monoisotopic (exact) mass is 483 g/mol. The first-order valence-electron chi connectivity index (χ1n) is 11.9. The van der Waals surface area contributed by atoms with E-state index in [1.165, 1.54) is 13.2 Å². The Bertz CT molecular complexity index is 1030. The predicted octanol–water partition coefficient (Wildman–Crippen LogP) is 3.86. The molecule has 0 saturated heterocycles. The number of benzene rings is 1. The van der Waals surface area contributed by atoms with E-state index >= 15 is 0 Å². The first-order chi connectivity index (χ1) is 16.6. The highest BCUT2D eigenvalue weighted by molar-refractivity contribution is 5.95. The molecule has 0 aliphatic heterocycles. The Balaban J connectivity index is 1.80. The molecule has 0 unspecified atom stereocenters. The molecule has 1 fully saturated rings. The van der Waals surface area contributed by atoms with Crippen LogP contribution in [0.3, 0.4) is 0 Å². The second-order valence-electron chi connectivity index (χ2n) is 9.48. The number of esters is 2. The molecule has 0 radical (unpaired) electrons. The summed E-state index contributed by atoms with van der Waals surface area (Å²) in [6, 6.07) is 9.70. The normalized spacial score (nSPS) is 14.7. The number of carbonyl (C=O) groups excluding carboxylic acids is 3. The zero-order valence-corrected chi connectivity index (χ0v) is 20.7. The van der Waals surface area contributed by atoms with Crippen LogP contribution in [0.15, 0.2) is 36.4 Å². The SMILES string of the molecule is COC(=O)[C@H](CCC(=O)OC(C)(C)C)NC(=O)c1cc(OC2CCCC2)nc(-c2ccccc2)n1. The van der Waals surface area contributed by atoms with Crippen molar-refractivity contribution in [1.29, 1.82) is 0 Å². The number of rotatable bonds is 9. The van der Waals surface area contributed by atoms with Crippen LogP contribution in [-0.2, 0) is 19.1 Å². The summed E-state index contributed by atoms with van der Waals surface area (Å²) in [6.45, 7) is 5.28. The standard InChI is InChI=1S/C26H33N3O6/c1-26(2,3)35-22(30)15-14-19(25(32)33-4)28-24(31)20-16-21(34-18-12-8-9-13-18)29-23(27-20)17-10-6-5-7-11-17/h5-7,10-11,16,18-19H,8-9,12-15H2,1-4H3,(H,28,31)/t19-/m0/s1. The van der Waals surface area contributed by atoms with Gasteiger partial charge in [-0.25, -0.2) is 9.78 Å². The van der Waals surface area contributed by atoms with Crippen LogP contribution in [0.5, 0.6) is 5.88 Å². The van der Waals surface area contributed by atoms with Gasteiger partial charge < -0.3 is 19.5 Å². The van der Waals surface area contributed by atoms with Crippen molar-refractivity contribution in [3.05, 3.63) is 42.1 Å². The Labute approximate surface area is 205 Å². The Morgan fingerprint density at radius 3 is 2.40 bits per heavy atom. The highest BCUT2D eigenvalue weighted by Crippen LogP contribution is 2.25. The van der Waals surface area contributed by atoms with Gasteiger partial charge in [-0.15, -0.1) is 0 Å². The van der Waals surface area contributed by atoms with Gasteiger partial charge in [-0.05, 0) is 52.9 Å². The summed E-state index contributed by atoms with van der Waals surface area (Å²) in [7, 11) is 1.22. The molecular formula is C26H33N3O6. The topological polar surface area (TPSA) is 117 Å². The van der Waals surface area contributed by atoms with Crippen molar-refractivity contribution in [3.63, 3.8) is 0 Å². The van der Waals surface area contributed by atoms with Gasteiger partial charge >= 0.3 is 11.9 Å². The van der Waals surface area contributed by atoms with Gasteiger partial charge in [0.25, 0.3) is 5.91 Å². The molecule has 35 heavy (non-hydrogen) atoms. The van der Waals surface area contributed by atoms with Gasteiger partial charge in [-0.3, -0.25) is 9.59 Å². The third kappa shape index (κ3) is 8.05. The third-order valence-electron chi connectivity index (χ3n) is 5.41. The van der Waals surface area contributed by atoms with Gasteiger partial charge in [0, 0.05) is 18.1 Å². The Hall–Kier alpha value is -3.49. The van der Waals surface area contributed by atoms with Crippen LogP contribution in [0.1, 0.15) is 69.8 Å².